The van der Waals surface area contributed by atoms with Gasteiger partial charge in [0.25, 0.3) is 10.0 Å². The number of hydrogen-bond donors (Lipinski definition) is 1. The van der Waals surface area contributed by atoms with Crippen LogP contribution in [0.15, 0.2) is 83.9 Å². The molecule has 1 N–H and O–H groups in total. The predicted molar refractivity (Wildman–Crippen MR) is 118 cm³/mol. The van der Waals surface area contributed by atoms with E-state index < -0.39 is 16.0 Å². The first-order valence-electron chi connectivity index (χ1n) is 9.71. The molecule has 4 rings (SSSR count). The molecule has 0 saturated carbocycles. The lowest BCUT2D eigenvalue weighted by molar-refractivity contribution is 0.0695. The summed E-state index contributed by atoms with van der Waals surface area (Å²) in [6.45, 7) is 0. The third-order valence-electron chi connectivity index (χ3n) is 5.27. The van der Waals surface area contributed by atoms with Crippen LogP contribution in [-0.2, 0) is 22.9 Å². The highest BCUT2D eigenvalue weighted by Crippen LogP contribution is 2.30. The molecule has 0 aliphatic carbocycles. The quantitative estimate of drug-likeness (QED) is 0.466. The smallest absolute Gasteiger partial charge is 0.335 e. The molecule has 31 heavy (non-hydrogen) atoms. The number of fused-ring (bicyclic) bond motifs is 1. The summed E-state index contributed by atoms with van der Waals surface area (Å²) in [7, 11) is -2.23. The maximum atomic E-state index is 13.3. The summed E-state index contributed by atoms with van der Waals surface area (Å²) >= 11 is 0. The number of carboxylic acid groups (broad SMARTS) is 1. The molecule has 0 saturated heterocycles. The number of aryl methyl sites for hydroxylation is 2. The fourth-order valence-electron chi connectivity index (χ4n) is 3.69. The van der Waals surface area contributed by atoms with Crippen molar-refractivity contribution < 1.29 is 23.1 Å². The van der Waals surface area contributed by atoms with Crippen molar-refractivity contribution in [2.75, 3.05) is 7.11 Å². The molecule has 0 aliphatic heterocycles. The molecule has 0 unspecified atom stereocenters. The predicted octanol–water partition coefficient (Wildman–Crippen LogP) is 4.37. The van der Waals surface area contributed by atoms with Crippen molar-refractivity contribution in [3.8, 4) is 5.75 Å². The van der Waals surface area contributed by atoms with E-state index in [1.165, 1.54) is 3.97 Å². The lowest BCUT2D eigenvalue weighted by Crippen LogP contribution is -2.11. The van der Waals surface area contributed by atoms with Crippen LogP contribution >= 0.6 is 0 Å². The minimum absolute atomic E-state index is 0.200. The number of aromatic carboxylic acids is 1. The molecular weight excluding hydrogens is 414 g/mol. The van der Waals surface area contributed by atoms with E-state index in [0.29, 0.717) is 29.7 Å². The zero-order valence-corrected chi connectivity index (χ0v) is 17.7. The first-order chi connectivity index (χ1) is 14.9. The number of benzene rings is 3. The maximum Gasteiger partial charge on any atom is 0.335 e. The molecule has 0 radical (unpaired) electrons. The van der Waals surface area contributed by atoms with Crippen molar-refractivity contribution in [2.45, 2.75) is 17.7 Å². The van der Waals surface area contributed by atoms with Gasteiger partial charge < -0.3 is 9.84 Å². The second kappa shape index (κ2) is 8.28. The Hall–Kier alpha value is -3.58. The molecule has 0 spiro atoms. The van der Waals surface area contributed by atoms with Crippen LogP contribution in [0.3, 0.4) is 0 Å². The van der Waals surface area contributed by atoms with Crippen molar-refractivity contribution >= 4 is 26.9 Å². The topological polar surface area (TPSA) is 85.6 Å². The zero-order valence-electron chi connectivity index (χ0n) is 16.9. The average Bonchev–Trinajstić information content (AvgIpc) is 3.17. The molecule has 1 aromatic heterocycles. The minimum atomic E-state index is -3.79. The van der Waals surface area contributed by atoms with Crippen LogP contribution in [0.4, 0.5) is 0 Å². The van der Waals surface area contributed by atoms with Crippen molar-refractivity contribution in [2.24, 2.45) is 0 Å². The third kappa shape index (κ3) is 3.92. The van der Waals surface area contributed by atoms with E-state index >= 15 is 0 Å². The number of rotatable bonds is 7. The lowest BCUT2D eigenvalue weighted by Gasteiger charge is -2.07. The van der Waals surface area contributed by atoms with Gasteiger partial charge in [-0.3, -0.25) is 0 Å². The van der Waals surface area contributed by atoms with Gasteiger partial charge in [0.05, 0.1) is 23.1 Å². The molecule has 4 aromatic rings. The molecule has 0 fully saturated rings. The number of ether oxygens (including phenoxy) is 1. The first kappa shape index (κ1) is 20.7. The van der Waals surface area contributed by atoms with Gasteiger partial charge in [0.15, 0.2) is 0 Å². The summed E-state index contributed by atoms with van der Waals surface area (Å²) < 4.78 is 33.2. The van der Waals surface area contributed by atoms with Crippen molar-refractivity contribution in [3.05, 3.63) is 95.7 Å². The molecule has 6 nitrogen and oxygen atoms in total. The van der Waals surface area contributed by atoms with Crippen LogP contribution in [0.25, 0.3) is 10.9 Å². The van der Waals surface area contributed by atoms with Crippen LogP contribution in [0.2, 0.25) is 0 Å². The molecule has 0 amide bonds. The Labute approximate surface area is 180 Å². The highest BCUT2D eigenvalue weighted by atomic mass is 32.2. The van der Waals surface area contributed by atoms with Crippen molar-refractivity contribution in [3.63, 3.8) is 0 Å². The number of nitrogens with zero attached hydrogens (tertiary/aromatic N) is 1. The highest BCUT2D eigenvalue weighted by molar-refractivity contribution is 7.90. The molecule has 0 bridgehead atoms. The Morgan fingerprint density at radius 2 is 1.61 bits per heavy atom. The first-order valence-corrected chi connectivity index (χ1v) is 11.2. The number of aromatic nitrogens is 1. The Bertz CT molecular complexity index is 1360. The minimum Gasteiger partial charge on any atom is -0.497 e. The van der Waals surface area contributed by atoms with Crippen LogP contribution in [0, 0.1) is 0 Å². The van der Waals surface area contributed by atoms with E-state index in [9.17, 15) is 18.3 Å². The largest absolute Gasteiger partial charge is 0.497 e. The van der Waals surface area contributed by atoms with Crippen molar-refractivity contribution in [1.82, 2.24) is 3.97 Å². The van der Waals surface area contributed by atoms with Crippen LogP contribution < -0.4 is 4.74 Å². The molecule has 7 heteroatoms. The second-order valence-electron chi connectivity index (χ2n) is 7.11. The van der Waals surface area contributed by atoms with Gasteiger partial charge in [0, 0.05) is 11.6 Å². The van der Waals surface area contributed by atoms with E-state index in [0.717, 1.165) is 10.9 Å². The molecular formula is C24H21NO5S. The molecule has 0 atom stereocenters. The summed E-state index contributed by atoms with van der Waals surface area (Å²) in [5.41, 5.74) is 2.30. The van der Waals surface area contributed by atoms with E-state index in [1.54, 1.807) is 80.0 Å². The number of carboxylic acids is 1. The zero-order chi connectivity index (χ0) is 22.0. The van der Waals surface area contributed by atoms with Crippen molar-refractivity contribution in [1.29, 1.82) is 0 Å². The molecule has 158 valence electrons. The SMILES string of the molecule is COc1ccc2c(c1)c(CCc1ccccc1C(=O)O)cn2S(=O)(=O)c1ccccc1. The van der Waals surface area contributed by atoms with E-state index in [2.05, 4.69) is 0 Å². The number of methoxy groups -OCH3 is 1. The van der Waals surface area contributed by atoms with E-state index in [-0.39, 0.29) is 10.5 Å². The van der Waals surface area contributed by atoms with E-state index in [4.69, 9.17) is 4.74 Å². The fourth-order valence-corrected chi connectivity index (χ4v) is 5.10. The van der Waals surface area contributed by atoms with E-state index in [1.807, 2.05) is 6.07 Å². The fraction of sp³-hybridized carbons (Fsp3) is 0.125. The van der Waals surface area contributed by atoms with Crippen LogP contribution in [0.5, 0.6) is 5.75 Å². The monoisotopic (exact) mass is 435 g/mol. The van der Waals surface area contributed by atoms with Gasteiger partial charge in [-0.25, -0.2) is 17.2 Å². The van der Waals surface area contributed by atoms with Gasteiger partial charge in [0.1, 0.15) is 5.75 Å². The highest BCUT2D eigenvalue weighted by Gasteiger charge is 2.21. The maximum absolute atomic E-state index is 13.3. The Morgan fingerprint density at radius 1 is 0.935 bits per heavy atom. The normalized spacial score (nSPS) is 11.5. The standard InChI is InChI=1S/C24H21NO5S/c1-30-19-13-14-23-22(15-19)18(12-11-17-7-5-6-10-21(17)24(26)27)16-25(23)31(28,29)20-8-3-2-4-9-20/h2-10,13-16H,11-12H2,1H3,(H,26,27). The van der Waals surface area contributed by atoms with Crippen LogP contribution in [0.1, 0.15) is 21.5 Å². The molecule has 1 heterocycles. The summed E-state index contributed by atoms with van der Waals surface area (Å²) in [5, 5.41) is 10.2. The van der Waals surface area contributed by atoms with Gasteiger partial charge >= 0.3 is 5.97 Å². The van der Waals surface area contributed by atoms with Gasteiger partial charge in [-0.15, -0.1) is 0 Å². The summed E-state index contributed by atoms with van der Waals surface area (Å²) in [6.07, 6.45) is 2.56. The number of hydrogen-bond acceptors (Lipinski definition) is 4. The Balaban J connectivity index is 1.80. The van der Waals surface area contributed by atoms with Gasteiger partial charge in [0.2, 0.25) is 0 Å². The van der Waals surface area contributed by atoms with Gasteiger partial charge in [-0.2, -0.15) is 0 Å². The molecule has 0 aliphatic rings. The third-order valence-corrected chi connectivity index (χ3v) is 6.96. The summed E-state index contributed by atoms with van der Waals surface area (Å²) in [6, 6.07) is 20.4. The number of carbonyl (C=O) groups is 1. The lowest BCUT2D eigenvalue weighted by atomic mass is 9.99. The Morgan fingerprint density at radius 3 is 2.32 bits per heavy atom. The second-order valence-corrected chi connectivity index (χ2v) is 8.93. The summed E-state index contributed by atoms with van der Waals surface area (Å²) in [4.78, 5) is 11.7. The van der Waals surface area contributed by atoms with Gasteiger partial charge in [-0.05, 0) is 60.4 Å². The summed E-state index contributed by atoms with van der Waals surface area (Å²) in [5.74, 6) is -0.360. The molecule has 3 aromatic carbocycles. The average molecular weight is 436 g/mol. The van der Waals surface area contributed by atoms with Gasteiger partial charge in [-0.1, -0.05) is 36.4 Å². The Kier molecular flexibility index (Phi) is 5.52. The van der Waals surface area contributed by atoms with Crippen LogP contribution in [-0.4, -0.2) is 30.6 Å².